The second-order valence-corrected chi connectivity index (χ2v) is 3.15. The topological polar surface area (TPSA) is 38.3 Å². The number of rotatable bonds is 7. The molecule has 0 aromatic carbocycles. The fourth-order valence-electron chi connectivity index (χ4n) is 1.01. The predicted molar refractivity (Wildman–Crippen MR) is 58.3 cm³/mol. The third-order valence-corrected chi connectivity index (χ3v) is 1.85. The second kappa shape index (κ2) is 10.1. The molecule has 0 unspecified atom stereocenters. The van der Waals surface area contributed by atoms with E-state index in [1.807, 2.05) is 13.0 Å². The number of hydrogen-bond acceptors (Lipinski definition) is 2. The zero-order valence-electron chi connectivity index (χ0n) is 9.21. The molecule has 0 aliphatic heterocycles. The highest BCUT2D eigenvalue weighted by Crippen LogP contribution is 1.96. The van der Waals surface area contributed by atoms with E-state index in [1.165, 1.54) is 19.3 Å². The molecule has 0 aromatic rings. The van der Waals surface area contributed by atoms with Crippen molar-refractivity contribution in [1.82, 2.24) is 5.32 Å². The molecular weight excluding hydrogens is 178 g/mol. The molecule has 0 aliphatic rings. The maximum absolute atomic E-state index is 11.0. The first-order valence-corrected chi connectivity index (χ1v) is 5.33. The van der Waals surface area contributed by atoms with Gasteiger partial charge in [-0.05, 0) is 13.3 Å². The van der Waals surface area contributed by atoms with Gasteiger partial charge in [-0.2, -0.15) is 0 Å². The van der Waals surface area contributed by atoms with Crippen molar-refractivity contribution in [1.29, 1.82) is 0 Å². The number of hydrogen-bond donors (Lipinski definition) is 1. The van der Waals surface area contributed by atoms with Crippen molar-refractivity contribution in [2.75, 3.05) is 13.2 Å². The third-order valence-electron chi connectivity index (χ3n) is 1.85. The molecule has 0 bridgehead atoms. The number of amides is 1. The molecule has 0 radical (unpaired) electrons. The van der Waals surface area contributed by atoms with Crippen LogP contribution in [0.1, 0.15) is 39.5 Å². The number of allylic oxidation sites excluding steroid dienone is 1. The van der Waals surface area contributed by atoms with Crippen molar-refractivity contribution in [3.05, 3.63) is 12.2 Å². The lowest BCUT2D eigenvalue weighted by Gasteiger charge is -2.04. The van der Waals surface area contributed by atoms with Gasteiger partial charge in [-0.3, -0.25) is 0 Å². The Morgan fingerprint density at radius 3 is 2.79 bits per heavy atom. The Balaban J connectivity index is 3.18. The quantitative estimate of drug-likeness (QED) is 0.505. The van der Waals surface area contributed by atoms with Crippen LogP contribution in [0.4, 0.5) is 4.79 Å². The Labute approximate surface area is 86.5 Å². The molecule has 82 valence electrons. The van der Waals surface area contributed by atoms with Crippen LogP contribution in [0.3, 0.4) is 0 Å². The molecule has 0 heterocycles. The molecule has 0 fully saturated rings. The molecule has 1 N–H and O–H groups in total. The Hall–Kier alpha value is -0.990. The molecule has 14 heavy (non-hydrogen) atoms. The van der Waals surface area contributed by atoms with E-state index in [1.54, 1.807) is 6.08 Å². The second-order valence-electron chi connectivity index (χ2n) is 3.15. The zero-order chi connectivity index (χ0) is 10.6. The average molecular weight is 199 g/mol. The summed E-state index contributed by atoms with van der Waals surface area (Å²) in [6, 6.07) is 0. The van der Waals surface area contributed by atoms with Gasteiger partial charge in [0.2, 0.25) is 0 Å². The molecular formula is C11H21NO2. The molecule has 0 saturated heterocycles. The van der Waals surface area contributed by atoms with Gasteiger partial charge in [0, 0.05) is 6.54 Å². The van der Waals surface area contributed by atoms with Crippen LogP contribution in [0.2, 0.25) is 0 Å². The van der Waals surface area contributed by atoms with Crippen molar-refractivity contribution < 1.29 is 9.53 Å². The minimum atomic E-state index is -0.320. The lowest BCUT2D eigenvalue weighted by Crippen LogP contribution is -2.25. The fourth-order valence-corrected chi connectivity index (χ4v) is 1.01. The highest BCUT2D eigenvalue weighted by Gasteiger charge is 1.97. The van der Waals surface area contributed by atoms with Crippen LogP contribution in [0.25, 0.3) is 0 Å². The SMILES string of the molecule is C/C=C\COC(=O)NCCCCCC. The number of carbonyl (C=O) groups is 1. The van der Waals surface area contributed by atoms with E-state index in [2.05, 4.69) is 12.2 Å². The van der Waals surface area contributed by atoms with Crippen molar-refractivity contribution in [2.45, 2.75) is 39.5 Å². The van der Waals surface area contributed by atoms with Gasteiger partial charge >= 0.3 is 6.09 Å². The summed E-state index contributed by atoms with van der Waals surface area (Å²) in [5.41, 5.74) is 0. The average Bonchev–Trinajstić information content (AvgIpc) is 2.18. The fraction of sp³-hybridized carbons (Fsp3) is 0.727. The molecule has 3 nitrogen and oxygen atoms in total. The smallest absolute Gasteiger partial charge is 0.407 e. The van der Waals surface area contributed by atoms with E-state index >= 15 is 0 Å². The van der Waals surface area contributed by atoms with E-state index in [9.17, 15) is 4.79 Å². The number of carbonyl (C=O) groups excluding carboxylic acids is 1. The molecule has 0 aromatic heterocycles. The Kier molecular flexibility index (Phi) is 9.38. The molecule has 0 spiro atoms. The predicted octanol–water partition coefficient (Wildman–Crippen LogP) is 2.87. The summed E-state index contributed by atoms with van der Waals surface area (Å²) in [6.07, 6.45) is 7.99. The van der Waals surface area contributed by atoms with E-state index < -0.39 is 0 Å². The van der Waals surface area contributed by atoms with Gasteiger partial charge in [-0.1, -0.05) is 38.3 Å². The van der Waals surface area contributed by atoms with Gasteiger partial charge in [0.1, 0.15) is 6.61 Å². The number of ether oxygens (including phenoxy) is 1. The van der Waals surface area contributed by atoms with Crippen LogP contribution in [-0.2, 0) is 4.74 Å². The largest absolute Gasteiger partial charge is 0.445 e. The molecule has 0 aliphatic carbocycles. The van der Waals surface area contributed by atoms with E-state index in [4.69, 9.17) is 4.74 Å². The van der Waals surface area contributed by atoms with Crippen LogP contribution >= 0.6 is 0 Å². The van der Waals surface area contributed by atoms with Crippen LogP contribution in [0.15, 0.2) is 12.2 Å². The third kappa shape index (κ3) is 9.10. The number of nitrogens with one attached hydrogen (secondary N) is 1. The van der Waals surface area contributed by atoms with Crippen molar-refractivity contribution >= 4 is 6.09 Å². The Morgan fingerprint density at radius 2 is 2.14 bits per heavy atom. The van der Waals surface area contributed by atoms with Crippen LogP contribution < -0.4 is 5.32 Å². The first-order valence-electron chi connectivity index (χ1n) is 5.33. The minimum Gasteiger partial charge on any atom is -0.445 e. The standard InChI is InChI=1S/C11H21NO2/c1-3-5-7-8-9-12-11(13)14-10-6-4-2/h4,6H,3,5,7-10H2,1-2H3,(H,12,13)/b6-4-. The van der Waals surface area contributed by atoms with Crippen molar-refractivity contribution in [3.8, 4) is 0 Å². The van der Waals surface area contributed by atoms with E-state index in [0.717, 1.165) is 6.42 Å². The summed E-state index contributed by atoms with van der Waals surface area (Å²) in [7, 11) is 0. The highest BCUT2D eigenvalue weighted by atomic mass is 16.5. The highest BCUT2D eigenvalue weighted by molar-refractivity contribution is 5.67. The lowest BCUT2D eigenvalue weighted by atomic mass is 10.2. The maximum atomic E-state index is 11.0. The lowest BCUT2D eigenvalue weighted by molar-refractivity contribution is 0.158. The number of alkyl carbamates (subject to hydrolysis) is 1. The first-order chi connectivity index (χ1) is 6.81. The van der Waals surface area contributed by atoms with E-state index in [-0.39, 0.29) is 6.09 Å². The van der Waals surface area contributed by atoms with Gasteiger partial charge in [-0.25, -0.2) is 4.79 Å². The van der Waals surface area contributed by atoms with Gasteiger partial charge in [0.15, 0.2) is 0 Å². The van der Waals surface area contributed by atoms with E-state index in [0.29, 0.717) is 13.2 Å². The summed E-state index contributed by atoms with van der Waals surface area (Å²) < 4.78 is 4.85. The van der Waals surface area contributed by atoms with Crippen LogP contribution in [0, 0.1) is 0 Å². The minimum absolute atomic E-state index is 0.320. The van der Waals surface area contributed by atoms with Crippen molar-refractivity contribution in [2.24, 2.45) is 0 Å². The van der Waals surface area contributed by atoms with Gasteiger partial charge in [0.25, 0.3) is 0 Å². The monoisotopic (exact) mass is 199 g/mol. The summed E-state index contributed by atoms with van der Waals surface area (Å²) >= 11 is 0. The van der Waals surface area contributed by atoms with Crippen LogP contribution in [-0.4, -0.2) is 19.2 Å². The summed E-state index contributed by atoms with van der Waals surface area (Å²) in [4.78, 5) is 11.0. The Bertz CT molecular complexity index is 167. The number of unbranched alkanes of at least 4 members (excludes halogenated alkanes) is 3. The molecule has 0 atom stereocenters. The van der Waals surface area contributed by atoms with Crippen molar-refractivity contribution in [3.63, 3.8) is 0 Å². The first kappa shape index (κ1) is 13.0. The molecule has 0 saturated carbocycles. The zero-order valence-corrected chi connectivity index (χ0v) is 9.21. The molecule has 1 amide bonds. The molecule has 0 rings (SSSR count). The summed E-state index contributed by atoms with van der Waals surface area (Å²) in [6.45, 7) is 5.14. The van der Waals surface area contributed by atoms with Crippen LogP contribution in [0.5, 0.6) is 0 Å². The van der Waals surface area contributed by atoms with Gasteiger partial charge in [0.05, 0.1) is 0 Å². The summed E-state index contributed by atoms with van der Waals surface area (Å²) in [5, 5.41) is 2.71. The Morgan fingerprint density at radius 1 is 1.36 bits per heavy atom. The van der Waals surface area contributed by atoms with Gasteiger partial charge < -0.3 is 10.1 Å². The molecule has 3 heteroatoms. The summed E-state index contributed by atoms with van der Waals surface area (Å²) in [5.74, 6) is 0. The normalized spacial score (nSPS) is 10.4. The maximum Gasteiger partial charge on any atom is 0.407 e. The van der Waals surface area contributed by atoms with Gasteiger partial charge in [-0.15, -0.1) is 0 Å².